The van der Waals surface area contributed by atoms with Crippen molar-refractivity contribution in [2.75, 3.05) is 11.4 Å². The molecule has 0 aromatic heterocycles. The molecule has 0 bridgehead atoms. The maximum absolute atomic E-state index is 13.4. The standard InChI is InChI=1S/C24H26N2O3/c1-2-14-25(20-11-10-17-6-3-4-7-18(17)15-20)24(29)19-8-5-9-21(16-19)26-22(27)12-13-23(26)28/h3-9,16,20H,2,10-15H2,1H3. The number of fused-ring (bicyclic) bond motifs is 1. The largest absolute Gasteiger partial charge is 0.335 e. The van der Waals surface area contributed by atoms with Crippen molar-refractivity contribution in [3.63, 3.8) is 0 Å². The molecule has 150 valence electrons. The van der Waals surface area contributed by atoms with Gasteiger partial charge >= 0.3 is 0 Å². The molecule has 1 fully saturated rings. The van der Waals surface area contributed by atoms with E-state index in [1.807, 2.05) is 4.90 Å². The van der Waals surface area contributed by atoms with E-state index in [0.717, 1.165) is 25.7 Å². The summed E-state index contributed by atoms with van der Waals surface area (Å²) in [4.78, 5) is 40.7. The molecule has 0 N–H and O–H groups in total. The van der Waals surface area contributed by atoms with Crippen molar-refractivity contribution in [3.05, 3.63) is 65.2 Å². The van der Waals surface area contributed by atoms with Crippen molar-refractivity contribution in [3.8, 4) is 0 Å². The average molecular weight is 390 g/mol. The van der Waals surface area contributed by atoms with Gasteiger partial charge in [-0.05, 0) is 55.0 Å². The smallest absolute Gasteiger partial charge is 0.254 e. The van der Waals surface area contributed by atoms with Gasteiger partial charge in [0.25, 0.3) is 5.91 Å². The van der Waals surface area contributed by atoms with E-state index in [4.69, 9.17) is 0 Å². The van der Waals surface area contributed by atoms with Gasteiger partial charge in [0, 0.05) is 31.0 Å². The third-order valence-corrected chi connectivity index (χ3v) is 5.89. The van der Waals surface area contributed by atoms with Crippen LogP contribution in [0.3, 0.4) is 0 Å². The van der Waals surface area contributed by atoms with Crippen molar-refractivity contribution >= 4 is 23.4 Å². The lowest BCUT2D eigenvalue weighted by Crippen LogP contribution is -2.44. The summed E-state index contributed by atoms with van der Waals surface area (Å²) in [5, 5.41) is 0. The number of imide groups is 1. The van der Waals surface area contributed by atoms with Gasteiger partial charge in [-0.2, -0.15) is 0 Å². The third-order valence-electron chi connectivity index (χ3n) is 5.89. The maximum atomic E-state index is 13.4. The molecular formula is C24H26N2O3. The van der Waals surface area contributed by atoms with E-state index in [2.05, 4.69) is 31.2 Å². The number of carbonyl (C=O) groups excluding carboxylic acids is 3. The second-order valence-corrected chi connectivity index (χ2v) is 7.84. The van der Waals surface area contributed by atoms with Gasteiger partial charge in [0.15, 0.2) is 0 Å². The Hall–Kier alpha value is -2.95. The Bertz CT molecular complexity index is 937. The van der Waals surface area contributed by atoms with Crippen LogP contribution in [0.1, 0.15) is 54.1 Å². The van der Waals surface area contributed by atoms with Crippen LogP contribution in [0.25, 0.3) is 0 Å². The Labute approximate surface area is 171 Å². The fraction of sp³-hybridized carbons (Fsp3) is 0.375. The van der Waals surface area contributed by atoms with Gasteiger partial charge in [-0.1, -0.05) is 37.3 Å². The van der Waals surface area contributed by atoms with Gasteiger partial charge in [0.2, 0.25) is 11.8 Å². The summed E-state index contributed by atoms with van der Waals surface area (Å²) < 4.78 is 0. The minimum absolute atomic E-state index is 0.0304. The highest BCUT2D eigenvalue weighted by Crippen LogP contribution is 2.28. The topological polar surface area (TPSA) is 57.7 Å². The Morgan fingerprint density at radius 2 is 1.72 bits per heavy atom. The second-order valence-electron chi connectivity index (χ2n) is 7.84. The summed E-state index contributed by atoms with van der Waals surface area (Å²) in [5.41, 5.74) is 3.72. The number of amides is 3. The zero-order valence-electron chi connectivity index (χ0n) is 16.8. The molecule has 2 aromatic rings. The van der Waals surface area contributed by atoms with Crippen LogP contribution < -0.4 is 4.90 Å². The van der Waals surface area contributed by atoms with E-state index in [0.29, 0.717) is 17.8 Å². The molecule has 1 unspecified atom stereocenters. The molecule has 29 heavy (non-hydrogen) atoms. The van der Waals surface area contributed by atoms with E-state index < -0.39 is 0 Å². The average Bonchev–Trinajstić information content (AvgIpc) is 3.09. The first-order valence-electron chi connectivity index (χ1n) is 10.4. The molecule has 3 amide bonds. The summed E-state index contributed by atoms with van der Waals surface area (Å²) in [6.07, 6.45) is 4.15. The summed E-state index contributed by atoms with van der Waals surface area (Å²) in [5.74, 6) is -0.431. The van der Waals surface area contributed by atoms with E-state index in [9.17, 15) is 14.4 Å². The highest BCUT2D eigenvalue weighted by Gasteiger charge is 2.32. The summed E-state index contributed by atoms with van der Waals surface area (Å²) in [6.45, 7) is 2.77. The van der Waals surface area contributed by atoms with Crippen molar-refractivity contribution in [2.24, 2.45) is 0 Å². The molecule has 1 atom stereocenters. The second kappa shape index (κ2) is 8.19. The molecule has 0 saturated carbocycles. The lowest BCUT2D eigenvalue weighted by Gasteiger charge is -2.35. The van der Waals surface area contributed by atoms with Crippen LogP contribution >= 0.6 is 0 Å². The van der Waals surface area contributed by atoms with E-state index in [1.54, 1.807) is 24.3 Å². The highest BCUT2D eigenvalue weighted by molar-refractivity contribution is 6.20. The molecule has 4 rings (SSSR count). The molecule has 1 aliphatic heterocycles. The minimum atomic E-state index is -0.200. The van der Waals surface area contributed by atoms with E-state index in [1.165, 1.54) is 16.0 Å². The lowest BCUT2D eigenvalue weighted by molar-refractivity contribution is -0.121. The van der Waals surface area contributed by atoms with Gasteiger partial charge < -0.3 is 4.90 Å². The fourth-order valence-electron chi connectivity index (χ4n) is 4.44. The number of benzene rings is 2. The van der Waals surface area contributed by atoms with Crippen LogP contribution in [0.2, 0.25) is 0 Å². The van der Waals surface area contributed by atoms with Gasteiger partial charge in [0.1, 0.15) is 0 Å². The molecule has 5 nitrogen and oxygen atoms in total. The molecule has 2 aromatic carbocycles. The zero-order chi connectivity index (χ0) is 20.4. The number of nitrogens with zero attached hydrogens (tertiary/aromatic N) is 2. The van der Waals surface area contributed by atoms with Gasteiger partial charge in [-0.25, -0.2) is 0 Å². The first kappa shape index (κ1) is 19.4. The predicted molar refractivity (Wildman–Crippen MR) is 112 cm³/mol. The molecule has 1 aliphatic carbocycles. The number of hydrogen-bond acceptors (Lipinski definition) is 3. The molecule has 0 radical (unpaired) electrons. The SMILES string of the molecule is CCCN(C(=O)c1cccc(N2C(=O)CCC2=O)c1)C1CCc2ccccc2C1. The van der Waals surface area contributed by atoms with Crippen molar-refractivity contribution < 1.29 is 14.4 Å². The Kier molecular flexibility index (Phi) is 5.47. The molecular weight excluding hydrogens is 364 g/mol. The van der Waals surface area contributed by atoms with Gasteiger partial charge in [-0.15, -0.1) is 0 Å². The molecule has 1 saturated heterocycles. The number of carbonyl (C=O) groups is 3. The van der Waals surface area contributed by atoms with Gasteiger partial charge in [-0.3, -0.25) is 19.3 Å². The lowest BCUT2D eigenvalue weighted by atomic mass is 9.87. The number of anilines is 1. The Morgan fingerprint density at radius 3 is 2.45 bits per heavy atom. The fourth-order valence-corrected chi connectivity index (χ4v) is 4.44. The normalized spacial score (nSPS) is 18.7. The van der Waals surface area contributed by atoms with Crippen LogP contribution in [0.15, 0.2) is 48.5 Å². The molecule has 0 spiro atoms. The van der Waals surface area contributed by atoms with Gasteiger partial charge in [0.05, 0.1) is 5.69 Å². The first-order chi connectivity index (χ1) is 14.1. The molecule has 5 heteroatoms. The number of rotatable bonds is 5. The zero-order valence-corrected chi connectivity index (χ0v) is 16.8. The van der Waals surface area contributed by atoms with Crippen LogP contribution in [0.5, 0.6) is 0 Å². The number of hydrogen-bond donors (Lipinski definition) is 0. The summed E-state index contributed by atoms with van der Waals surface area (Å²) in [7, 11) is 0. The number of aryl methyl sites for hydroxylation is 1. The monoisotopic (exact) mass is 390 g/mol. The van der Waals surface area contributed by atoms with E-state index >= 15 is 0 Å². The van der Waals surface area contributed by atoms with Crippen molar-refractivity contribution in [1.29, 1.82) is 0 Å². The Morgan fingerprint density at radius 1 is 1.00 bits per heavy atom. The summed E-state index contributed by atoms with van der Waals surface area (Å²) >= 11 is 0. The minimum Gasteiger partial charge on any atom is -0.335 e. The van der Waals surface area contributed by atoms with Crippen LogP contribution in [0.4, 0.5) is 5.69 Å². The van der Waals surface area contributed by atoms with Crippen molar-refractivity contribution in [1.82, 2.24) is 4.90 Å². The maximum Gasteiger partial charge on any atom is 0.254 e. The Balaban J connectivity index is 1.59. The third kappa shape index (κ3) is 3.82. The quantitative estimate of drug-likeness (QED) is 0.731. The van der Waals surface area contributed by atoms with Crippen LogP contribution in [-0.2, 0) is 22.4 Å². The van der Waals surface area contributed by atoms with E-state index in [-0.39, 0.29) is 36.6 Å². The summed E-state index contributed by atoms with van der Waals surface area (Å²) in [6, 6.07) is 15.5. The van der Waals surface area contributed by atoms with Crippen molar-refractivity contribution in [2.45, 2.75) is 51.5 Å². The molecule has 1 heterocycles. The van der Waals surface area contributed by atoms with Crippen LogP contribution in [-0.4, -0.2) is 35.2 Å². The first-order valence-corrected chi connectivity index (χ1v) is 10.4. The predicted octanol–water partition coefficient (Wildman–Crippen LogP) is 3.75. The highest BCUT2D eigenvalue weighted by atomic mass is 16.2. The molecule has 2 aliphatic rings. The van der Waals surface area contributed by atoms with Crippen LogP contribution in [0, 0.1) is 0 Å².